The first-order valence-electron chi connectivity index (χ1n) is 9.15. The summed E-state index contributed by atoms with van der Waals surface area (Å²) >= 11 is 0. The van der Waals surface area contributed by atoms with E-state index in [9.17, 15) is 9.18 Å². The van der Waals surface area contributed by atoms with Gasteiger partial charge in [-0.2, -0.15) is 9.78 Å². The molecule has 1 N–H and O–H groups in total. The van der Waals surface area contributed by atoms with Gasteiger partial charge in [-0.05, 0) is 60.9 Å². The molecule has 0 bridgehead atoms. The number of carbonyl (C=O) groups excluding carboxylic acids is 1. The Morgan fingerprint density at radius 3 is 2.86 bits per heavy atom. The van der Waals surface area contributed by atoms with E-state index in [-0.39, 0.29) is 17.8 Å². The van der Waals surface area contributed by atoms with Crippen LogP contribution in [0.25, 0.3) is 5.69 Å². The van der Waals surface area contributed by atoms with Gasteiger partial charge >= 0.3 is 6.03 Å². The third kappa shape index (κ3) is 3.32. The second-order valence-corrected chi connectivity index (χ2v) is 6.82. The Kier molecular flexibility index (Phi) is 4.76. The standard InChI is InChI=1S/C18H21FN8O/c1-12-22-23-24-27(12)17-11-13(6-7-14(17)19)21-18(28)26-10-4-3-5-16(26)15-8-9-20-25(15)2/h6-9,11,16H,3-5,10H2,1-2H3,(H,21,28). The number of hydrogen-bond acceptors (Lipinski definition) is 5. The highest BCUT2D eigenvalue weighted by molar-refractivity contribution is 5.90. The SMILES string of the molecule is Cc1nnnn1-c1cc(NC(=O)N2CCCCC2c2ccnn2C)ccc1F. The highest BCUT2D eigenvalue weighted by Crippen LogP contribution is 2.31. The van der Waals surface area contributed by atoms with E-state index in [1.54, 1.807) is 17.8 Å². The molecule has 146 valence electrons. The lowest BCUT2D eigenvalue weighted by molar-refractivity contribution is 0.159. The fourth-order valence-electron chi connectivity index (χ4n) is 3.60. The predicted molar refractivity (Wildman–Crippen MR) is 99.4 cm³/mol. The number of hydrogen-bond donors (Lipinski definition) is 1. The molecule has 10 heteroatoms. The van der Waals surface area contributed by atoms with Gasteiger partial charge in [0.25, 0.3) is 0 Å². The number of amides is 2. The van der Waals surface area contributed by atoms with Crippen LogP contribution in [-0.4, -0.2) is 47.5 Å². The molecule has 1 atom stereocenters. The number of likely N-dealkylation sites (tertiary alicyclic amines) is 1. The van der Waals surface area contributed by atoms with Gasteiger partial charge in [0.05, 0.1) is 11.7 Å². The summed E-state index contributed by atoms with van der Waals surface area (Å²) in [4.78, 5) is 14.8. The zero-order valence-corrected chi connectivity index (χ0v) is 15.7. The van der Waals surface area contributed by atoms with Crippen molar-refractivity contribution in [1.29, 1.82) is 0 Å². The van der Waals surface area contributed by atoms with Gasteiger partial charge in [0, 0.05) is 25.5 Å². The summed E-state index contributed by atoms with van der Waals surface area (Å²) in [7, 11) is 1.88. The number of halogens is 1. The average Bonchev–Trinajstić information content (AvgIpc) is 3.31. The molecular formula is C18H21FN8O. The van der Waals surface area contributed by atoms with Crippen LogP contribution in [0.2, 0.25) is 0 Å². The topological polar surface area (TPSA) is 93.8 Å². The van der Waals surface area contributed by atoms with Gasteiger partial charge in [0.1, 0.15) is 11.5 Å². The number of nitrogens with one attached hydrogen (secondary N) is 1. The molecule has 1 fully saturated rings. The molecule has 1 aliphatic heterocycles. The number of nitrogens with zero attached hydrogens (tertiary/aromatic N) is 7. The molecule has 2 amide bonds. The number of tetrazole rings is 1. The zero-order chi connectivity index (χ0) is 19.7. The molecule has 28 heavy (non-hydrogen) atoms. The smallest absolute Gasteiger partial charge is 0.316 e. The first-order chi connectivity index (χ1) is 13.5. The predicted octanol–water partition coefficient (Wildman–Crippen LogP) is 2.60. The Morgan fingerprint density at radius 2 is 2.14 bits per heavy atom. The molecule has 3 heterocycles. The van der Waals surface area contributed by atoms with E-state index in [1.807, 2.05) is 18.0 Å². The molecule has 2 aromatic heterocycles. The van der Waals surface area contributed by atoms with E-state index in [4.69, 9.17) is 0 Å². The summed E-state index contributed by atoms with van der Waals surface area (Å²) in [5.41, 5.74) is 1.66. The molecule has 1 saturated heterocycles. The third-order valence-corrected chi connectivity index (χ3v) is 5.01. The van der Waals surface area contributed by atoms with Crippen LogP contribution in [0, 0.1) is 12.7 Å². The van der Waals surface area contributed by atoms with E-state index in [1.165, 1.54) is 22.9 Å². The number of carbonyl (C=O) groups is 1. The largest absolute Gasteiger partial charge is 0.322 e. The van der Waals surface area contributed by atoms with Gasteiger partial charge in [-0.1, -0.05) is 0 Å². The quantitative estimate of drug-likeness (QED) is 0.749. The van der Waals surface area contributed by atoms with Gasteiger partial charge in [0.15, 0.2) is 5.82 Å². The summed E-state index contributed by atoms with van der Waals surface area (Å²) < 4.78 is 17.3. The lowest BCUT2D eigenvalue weighted by Crippen LogP contribution is -2.41. The number of anilines is 1. The second kappa shape index (κ2) is 7.37. The van der Waals surface area contributed by atoms with Gasteiger partial charge < -0.3 is 10.2 Å². The fourth-order valence-corrected chi connectivity index (χ4v) is 3.60. The Bertz CT molecular complexity index is 997. The number of piperidine rings is 1. The maximum atomic E-state index is 14.2. The van der Waals surface area contributed by atoms with Crippen molar-refractivity contribution in [2.45, 2.75) is 32.2 Å². The summed E-state index contributed by atoms with van der Waals surface area (Å²) in [6, 6.07) is 6.02. The Labute approximate surface area is 161 Å². The maximum Gasteiger partial charge on any atom is 0.322 e. The second-order valence-electron chi connectivity index (χ2n) is 6.82. The van der Waals surface area contributed by atoms with Crippen LogP contribution in [0.1, 0.15) is 36.8 Å². The molecule has 1 aromatic carbocycles. The van der Waals surface area contributed by atoms with Gasteiger partial charge in [0.2, 0.25) is 0 Å². The number of aryl methyl sites for hydroxylation is 2. The minimum Gasteiger partial charge on any atom is -0.316 e. The first-order valence-corrected chi connectivity index (χ1v) is 9.15. The molecule has 0 saturated carbocycles. The number of aromatic nitrogens is 6. The summed E-state index contributed by atoms with van der Waals surface area (Å²) in [5.74, 6) is -0.0196. The molecule has 0 radical (unpaired) electrons. The van der Waals surface area contributed by atoms with Crippen LogP contribution in [0.15, 0.2) is 30.5 Å². The summed E-state index contributed by atoms with van der Waals surface area (Å²) in [6.45, 7) is 2.33. The maximum absolute atomic E-state index is 14.2. The fraction of sp³-hybridized carbons (Fsp3) is 0.389. The Hall–Kier alpha value is -3.30. The summed E-state index contributed by atoms with van der Waals surface area (Å²) in [5, 5.41) is 18.2. The van der Waals surface area contributed by atoms with E-state index in [0.717, 1.165) is 25.0 Å². The molecular weight excluding hydrogens is 363 g/mol. The molecule has 0 aliphatic carbocycles. The number of urea groups is 1. The number of benzene rings is 1. The minimum absolute atomic E-state index is 0.0390. The van der Waals surface area contributed by atoms with Crippen molar-refractivity contribution < 1.29 is 9.18 Å². The molecule has 0 spiro atoms. The lowest BCUT2D eigenvalue weighted by Gasteiger charge is -2.35. The van der Waals surface area contributed by atoms with Crippen molar-refractivity contribution in [2.75, 3.05) is 11.9 Å². The highest BCUT2D eigenvalue weighted by Gasteiger charge is 2.30. The Morgan fingerprint density at radius 1 is 1.29 bits per heavy atom. The van der Waals surface area contributed by atoms with Crippen LogP contribution in [-0.2, 0) is 7.05 Å². The van der Waals surface area contributed by atoms with E-state index >= 15 is 0 Å². The van der Waals surface area contributed by atoms with Crippen LogP contribution in [0.4, 0.5) is 14.9 Å². The van der Waals surface area contributed by atoms with Gasteiger partial charge in [-0.25, -0.2) is 9.18 Å². The Balaban J connectivity index is 1.58. The molecule has 4 rings (SSSR count). The van der Waals surface area contributed by atoms with E-state index < -0.39 is 5.82 Å². The van der Waals surface area contributed by atoms with Gasteiger partial charge in [-0.15, -0.1) is 5.10 Å². The van der Waals surface area contributed by atoms with Crippen molar-refractivity contribution in [3.05, 3.63) is 47.8 Å². The first kappa shape index (κ1) is 18.1. The van der Waals surface area contributed by atoms with Gasteiger partial charge in [-0.3, -0.25) is 4.68 Å². The van der Waals surface area contributed by atoms with Crippen molar-refractivity contribution in [1.82, 2.24) is 34.9 Å². The summed E-state index contributed by atoms with van der Waals surface area (Å²) in [6.07, 6.45) is 4.62. The average molecular weight is 384 g/mol. The van der Waals surface area contributed by atoms with Crippen LogP contribution in [0.5, 0.6) is 0 Å². The molecule has 9 nitrogen and oxygen atoms in total. The molecule has 1 unspecified atom stereocenters. The van der Waals surface area contributed by atoms with Crippen molar-refractivity contribution >= 4 is 11.7 Å². The minimum atomic E-state index is -0.473. The molecule has 1 aliphatic rings. The molecule has 3 aromatic rings. The van der Waals surface area contributed by atoms with Crippen molar-refractivity contribution in [2.24, 2.45) is 7.05 Å². The monoisotopic (exact) mass is 384 g/mol. The van der Waals surface area contributed by atoms with E-state index in [0.29, 0.717) is 18.1 Å². The van der Waals surface area contributed by atoms with Crippen molar-refractivity contribution in [3.63, 3.8) is 0 Å². The lowest BCUT2D eigenvalue weighted by atomic mass is 9.99. The van der Waals surface area contributed by atoms with Crippen LogP contribution >= 0.6 is 0 Å². The number of rotatable bonds is 3. The van der Waals surface area contributed by atoms with E-state index in [2.05, 4.69) is 25.9 Å². The zero-order valence-electron chi connectivity index (χ0n) is 15.7. The van der Waals surface area contributed by atoms with Crippen LogP contribution < -0.4 is 5.32 Å². The van der Waals surface area contributed by atoms with Crippen molar-refractivity contribution in [3.8, 4) is 5.69 Å². The van der Waals surface area contributed by atoms with Crippen LogP contribution in [0.3, 0.4) is 0 Å². The normalized spacial score (nSPS) is 17.0. The third-order valence-electron chi connectivity index (χ3n) is 5.01. The highest BCUT2D eigenvalue weighted by atomic mass is 19.1.